The maximum Gasteiger partial charge on any atom is 0.236 e. The molecule has 3 heterocycles. The lowest BCUT2D eigenvalue weighted by atomic mass is 9.89. The Morgan fingerprint density at radius 1 is 1.07 bits per heavy atom. The topological polar surface area (TPSA) is 73.8 Å². The van der Waals surface area contributed by atoms with E-state index >= 15 is 4.39 Å². The van der Waals surface area contributed by atoms with Gasteiger partial charge >= 0.3 is 0 Å². The Morgan fingerprint density at radius 3 is 2.51 bits per heavy atom. The second-order valence-electron chi connectivity index (χ2n) is 11.1. The molecule has 0 saturated carbocycles. The van der Waals surface area contributed by atoms with Crippen molar-refractivity contribution in [2.24, 2.45) is 0 Å². The number of fused-ring (bicyclic) bond motifs is 1. The average molecular weight is 569 g/mol. The first-order valence-corrected chi connectivity index (χ1v) is 13.9. The molecule has 0 bridgehead atoms. The van der Waals surface area contributed by atoms with E-state index in [4.69, 9.17) is 4.74 Å². The number of ether oxygens (including phenoxy) is 1. The van der Waals surface area contributed by atoms with Gasteiger partial charge in [0.05, 0.1) is 25.0 Å². The third kappa shape index (κ3) is 6.24. The van der Waals surface area contributed by atoms with Crippen molar-refractivity contribution in [3.05, 3.63) is 59.5 Å². The van der Waals surface area contributed by atoms with E-state index in [0.717, 1.165) is 6.20 Å². The van der Waals surface area contributed by atoms with Crippen LogP contribution in [0.1, 0.15) is 38.2 Å². The van der Waals surface area contributed by atoms with Crippen molar-refractivity contribution >= 4 is 23.2 Å². The van der Waals surface area contributed by atoms with Crippen LogP contribution in [0.25, 0.3) is 11.3 Å². The van der Waals surface area contributed by atoms with Crippen LogP contribution in [0.15, 0.2) is 36.5 Å². The van der Waals surface area contributed by atoms with Gasteiger partial charge in [0.15, 0.2) is 17.4 Å². The molecular weight excluding hydrogens is 533 g/mol. The normalized spacial score (nSPS) is 15.7. The van der Waals surface area contributed by atoms with Crippen LogP contribution < -0.4 is 15.0 Å². The van der Waals surface area contributed by atoms with Gasteiger partial charge in [-0.15, -0.1) is 0 Å². The molecule has 8 nitrogen and oxygen atoms in total. The van der Waals surface area contributed by atoms with E-state index in [0.29, 0.717) is 62.6 Å². The van der Waals surface area contributed by atoms with Gasteiger partial charge in [0, 0.05) is 30.4 Å². The molecule has 1 aromatic heterocycles. The summed E-state index contributed by atoms with van der Waals surface area (Å²) < 4.78 is 50.6. The van der Waals surface area contributed by atoms with Crippen LogP contribution in [-0.2, 0) is 4.79 Å². The molecule has 1 saturated heterocycles. The Kier molecular flexibility index (Phi) is 8.35. The Labute approximate surface area is 238 Å². The van der Waals surface area contributed by atoms with Crippen molar-refractivity contribution in [2.45, 2.75) is 38.6 Å². The molecule has 11 heteroatoms. The van der Waals surface area contributed by atoms with Crippen molar-refractivity contribution in [1.29, 1.82) is 0 Å². The van der Waals surface area contributed by atoms with Crippen molar-refractivity contribution in [3.63, 3.8) is 0 Å². The summed E-state index contributed by atoms with van der Waals surface area (Å²) >= 11 is 0. The molecule has 41 heavy (non-hydrogen) atoms. The Balaban J connectivity index is 1.32. The number of nitrogens with zero attached hydrogens (tertiary/aromatic N) is 5. The Hall–Kier alpha value is -3.86. The summed E-state index contributed by atoms with van der Waals surface area (Å²) in [6.45, 7) is 6.48. The molecule has 2 aromatic carbocycles. The fourth-order valence-electron chi connectivity index (χ4n) is 5.48. The first-order chi connectivity index (χ1) is 19.6. The molecule has 1 amide bonds. The predicted molar refractivity (Wildman–Crippen MR) is 152 cm³/mol. The summed E-state index contributed by atoms with van der Waals surface area (Å²) in [5.74, 6) is -1.40. The number of likely N-dealkylation sites (N-methyl/N-ethyl adjacent to an activating group) is 1. The second-order valence-corrected chi connectivity index (χ2v) is 11.1. The standard InChI is InChI=1S/C30H35F3N6O2/c1-18(2)39-11-12-41-29-24(32)13-20(14-26(29)39)28-25(33)16-34-30(36-28)35-21-5-6-22(23(31)15-21)19-7-9-38(10-8-19)27(40)17-37(3)4/h5-6,13-16,18-19H,7-12,17H2,1-4H3,(H,34,35,36). The van der Waals surface area contributed by atoms with E-state index in [1.807, 2.05) is 42.6 Å². The Bertz CT molecular complexity index is 1430. The van der Waals surface area contributed by atoms with E-state index in [1.165, 1.54) is 12.1 Å². The molecular formula is C30H35F3N6O2. The zero-order valence-corrected chi connectivity index (χ0v) is 23.8. The predicted octanol–water partition coefficient (Wildman–Crippen LogP) is 5.18. The van der Waals surface area contributed by atoms with Gasteiger partial charge in [-0.25, -0.2) is 23.1 Å². The molecule has 1 fully saturated rings. The van der Waals surface area contributed by atoms with Crippen LogP contribution in [0.4, 0.5) is 30.5 Å². The first kappa shape index (κ1) is 28.7. The summed E-state index contributed by atoms with van der Waals surface area (Å²) in [5, 5.41) is 2.94. The van der Waals surface area contributed by atoms with Gasteiger partial charge in [-0.1, -0.05) is 6.07 Å². The number of piperidine rings is 1. The number of hydrogen-bond acceptors (Lipinski definition) is 7. The smallest absolute Gasteiger partial charge is 0.236 e. The quantitative estimate of drug-likeness (QED) is 0.421. The summed E-state index contributed by atoms with van der Waals surface area (Å²) in [4.78, 5) is 26.3. The lowest BCUT2D eigenvalue weighted by Crippen LogP contribution is -2.42. The van der Waals surface area contributed by atoms with E-state index in [1.54, 1.807) is 18.2 Å². The molecule has 0 atom stereocenters. The first-order valence-electron chi connectivity index (χ1n) is 13.9. The largest absolute Gasteiger partial charge is 0.486 e. The SMILES string of the molecule is CC(C)N1CCOc2c(F)cc(-c3nc(Nc4ccc(C5CCN(C(=O)CN(C)C)CC5)c(F)c4)ncc3F)cc21. The van der Waals surface area contributed by atoms with Gasteiger partial charge in [0.2, 0.25) is 11.9 Å². The maximum absolute atomic E-state index is 15.2. The number of carbonyl (C=O) groups excluding carboxylic acids is 1. The molecule has 0 unspecified atom stereocenters. The molecule has 0 radical (unpaired) electrons. The molecule has 5 rings (SSSR count). The van der Waals surface area contributed by atoms with Crippen LogP contribution in [-0.4, -0.2) is 78.6 Å². The van der Waals surface area contributed by atoms with Crippen molar-refractivity contribution in [1.82, 2.24) is 19.8 Å². The number of halogens is 3. The second kappa shape index (κ2) is 11.9. The van der Waals surface area contributed by atoms with Crippen molar-refractivity contribution in [3.8, 4) is 17.0 Å². The Morgan fingerprint density at radius 2 is 1.83 bits per heavy atom. The highest BCUT2D eigenvalue weighted by atomic mass is 19.1. The molecule has 3 aromatic rings. The minimum atomic E-state index is -0.709. The number of benzene rings is 2. The van der Waals surface area contributed by atoms with Gasteiger partial charge in [0.25, 0.3) is 0 Å². The molecule has 2 aliphatic rings. The fourth-order valence-corrected chi connectivity index (χ4v) is 5.48. The molecule has 218 valence electrons. The summed E-state index contributed by atoms with van der Waals surface area (Å²) in [6.07, 6.45) is 2.38. The third-order valence-corrected chi connectivity index (χ3v) is 7.55. The average Bonchev–Trinajstić information content (AvgIpc) is 2.93. The number of likely N-dealkylation sites (tertiary alicyclic amines) is 1. The van der Waals surface area contributed by atoms with E-state index in [2.05, 4.69) is 15.3 Å². The zero-order chi connectivity index (χ0) is 29.3. The number of rotatable bonds is 7. The monoisotopic (exact) mass is 568 g/mol. The van der Waals surface area contributed by atoms with E-state index < -0.39 is 11.6 Å². The van der Waals surface area contributed by atoms with Crippen molar-refractivity contribution in [2.75, 3.05) is 57.1 Å². The lowest BCUT2D eigenvalue weighted by molar-refractivity contribution is -0.132. The van der Waals surface area contributed by atoms with Crippen LogP contribution >= 0.6 is 0 Å². The highest BCUT2D eigenvalue weighted by Crippen LogP contribution is 2.39. The summed E-state index contributed by atoms with van der Waals surface area (Å²) in [5.41, 5.74) is 1.71. The van der Waals surface area contributed by atoms with Crippen LogP contribution in [0.5, 0.6) is 5.75 Å². The lowest BCUT2D eigenvalue weighted by Gasteiger charge is -2.34. The molecule has 1 N–H and O–H groups in total. The number of amides is 1. The van der Waals surface area contributed by atoms with Gasteiger partial charge < -0.3 is 24.8 Å². The fraction of sp³-hybridized carbons (Fsp3) is 0.433. The number of anilines is 3. The number of nitrogens with one attached hydrogen (secondary N) is 1. The zero-order valence-electron chi connectivity index (χ0n) is 23.8. The van der Waals surface area contributed by atoms with Crippen molar-refractivity contribution < 1.29 is 22.7 Å². The maximum atomic E-state index is 15.2. The molecule has 0 aliphatic carbocycles. The summed E-state index contributed by atoms with van der Waals surface area (Å²) in [7, 11) is 3.72. The van der Waals surface area contributed by atoms with Gasteiger partial charge in [-0.05, 0) is 76.5 Å². The van der Waals surface area contributed by atoms with Gasteiger partial charge in [-0.3, -0.25) is 4.79 Å². The van der Waals surface area contributed by atoms with Crippen LogP contribution in [0.2, 0.25) is 0 Å². The van der Waals surface area contributed by atoms with E-state index in [-0.39, 0.29) is 46.6 Å². The highest BCUT2D eigenvalue weighted by Gasteiger charge is 2.27. The van der Waals surface area contributed by atoms with Gasteiger partial charge in [0.1, 0.15) is 18.1 Å². The highest BCUT2D eigenvalue weighted by molar-refractivity contribution is 5.78. The number of carbonyl (C=O) groups is 1. The minimum absolute atomic E-state index is 0.00872. The molecule has 2 aliphatic heterocycles. The van der Waals surface area contributed by atoms with Crippen LogP contribution in [0, 0.1) is 17.5 Å². The van der Waals surface area contributed by atoms with Gasteiger partial charge in [-0.2, -0.15) is 0 Å². The third-order valence-electron chi connectivity index (χ3n) is 7.55. The molecule has 0 spiro atoms. The number of aromatic nitrogens is 2. The van der Waals surface area contributed by atoms with Crippen LogP contribution in [0.3, 0.4) is 0 Å². The minimum Gasteiger partial charge on any atom is -0.486 e. The van der Waals surface area contributed by atoms with E-state index in [9.17, 15) is 13.6 Å². The number of hydrogen-bond donors (Lipinski definition) is 1. The summed E-state index contributed by atoms with van der Waals surface area (Å²) in [6, 6.07) is 7.78.